The summed E-state index contributed by atoms with van der Waals surface area (Å²) in [6.07, 6.45) is 5.19. The molecule has 0 heterocycles. The number of rotatable bonds is 4. The van der Waals surface area contributed by atoms with Gasteiger partial charge in [-0.2, -0.15) is 0 Å². The van der Waals surface area contributed by atoms with E-state index in [0.717, 1.165) is 0 Å². The fraction of sp³-hybridized carbons (Fsp3) is 0.500. The van der Waals surface area contributed by atoms with Gasteiger partial charge in [-0.15, -0.1) is 6.42 Å². The van der Waals surface area contributed by atoms with Gasteiger partial charge in [0.1, 0.15) is 5.78 Å². The summed E-state index contributed by atoms with van der Waals surface area (Å²) in [7, 11) is 0. The molecule has 0 radical (unpaired) electrons. The summed E-state index contributed by atoms with van der Waals surface area (Å²) < 4.78 is 4.51. The number of terminal acetylenes is 1. The van der Waals surface area contributed by atoms with Crippen LogP contribution in [0.4, 0.5) is 0 Å². The molecule has 0 aromatic rings. The fourth-order valence-electron chi connectivity index (χ4n) is 0.472. The molecule has 0 aromatic heterocycles. The Bertz CT molecular complexity index is 188. The topological polar surface area (TPSA) is 43.4 Å². The highest BCUT2D eigenvalue weighted by molar-refractivity contribution is 5.80. The summed E-state index contributed by atoms with van der Waals surface area (Å²) in [4.78, 5) is 21.0. The monoisotopic (exact) mass is 154 g/mol. The van der Waals surface area contributed by atoms with E-state index in [-0.39, 0.29) is 25.2 Å². The van der Waals surface area contributed by atoms with Gasteiger partial charge in [-0.1, -0.05) is 5.92 Å². The van der Waals surface area contributed by atoms with Crippen LogP contribution in [0.3, 0.4) is 0 Å². The van der Waals surface area contributed by atoms with Gasteiger partial charge in [-0.05, 0) is 6.92 Å². The average Bonchev–Trinajstić information content (AvgIpc) is 1.97. The van der Waals surface area contributed by atoms with Crippen molar-refractivity contribution in [1.82, 2.24) is 0 Å². The molecular formula is C8H10O3. The number of ether oxygens (including phenoxy) is 1. The van der Waals surface area contributed by atoms with E-state index in [4.69, 9.17) is 6.42 Å². The SMILES string of the molecule is C#CCOC(=O)CCC(C)=O. The number of hydrogen-bond acceptors (Lipinski definition) is 3. The van der Waals surface area contributed by atoms with E-state index < -0.39 is 5.97 Å². The molecule has 3 heteroatoms. The number of esters is 1. The summed E-state index contributed by atoms with van der Waals surface area (Å²) in [5.74, 6) is 1.71. The first-order chi connectivity index (χ1) is 5.16. The number of hydrogen-bond donors (Lipinski definition) is 0. The molecule has 0 aliphatic heterocycles. The number of carbonyl (C=O) groups is 2. The van der Waals surface area contributed by atoms with Crippen molar-refractivity contribution in [3.8, 4) is 12.3 Å². The number of ketones is 1. The third-order valence-electron chi connectivity index (χ3n) is 0.998. The molecule has 0 spiro atoms. The molecule has 0 bridgehead atoms. The van der Waals surface area contributed by atoms with E-state index in [1.165, 1.54) is 6.92 Å². The smallest absolute Gasteiger partial charge is 0.307 e. The first-order valence-corrected chi connectivity index (χ1v) is 3.25. The van der Waals surface area contributed by atoms with Crippen molar-refractivity contribution in [1.29, 1.82) is 0 Å². The van der Waals surface area contributed by atoms with Crippen molar-refractivity contribution in [2.24, 2.45) is 0 Å². The number of carbonyl (C=O) groups excluding carboxylic acids is 2. The Hall–Kier alpha value is -1.30. The predicted molar refractivity (Wildman–Crippen MR) is 39.7 cm³/mol. The minimum atomic E-state index is -0.418. The van der Waals surface area contributed by atoms with Crippen LogP contribution in [0.5, 0.6) is 0 Å². The minimum Gasteiger partial charge on any atom is -0.452 e. The summed E-state index contributed by atoms with van der Waals surface area (Å²) in [6.45, 7) is 1.41. The summed E-state index contributed by atoms with van der Waals surface area (Å²) in [6, 6.07) is 0. The van der Waals surface area contributed by atoms with E-state index in [2.05, 4.69) is 10.7 Å². The molecule has 0 N–H and O–H groups in total. The molecule has 0 amide bonds. The fourth-order valence-corrected chi connectivity index (χ4v) is 0.472. The lowest BCUT2D eigenvalue weighted by atomic mass is 10.2. The van der Waals surface area contributed by atoms with Crippen molar-refractivity contribution < 1.29 is 14.3 Å². The minimum absolute atomic E-state index is 0.0171. The maximum absolute atomic E-state index is 10.6. The van der Waals surface area contributed by atoms with Gasteiger partial charge >= 0.3 is 5.97 Å². The quantitative estimate of drug-likeness (QED) is 0.438. The zero-order valence-electron chi connectivity index (χ0n) is 6.42. The highest BCUT2D eigenvalue weighted by Crippen LogP contribution is 1.92. The van der Waals surface area contributed by atoms with Crippen molar-refractivity contribution in [2.75, 3.05) is 6.61 Å². The summed E-state index contributed by atoms with van der Waals surface area (Å²) in [5, 5.41) is 0. The molecule has 0 atom stereocenters. The van der Waals surface area contributed by atoms with Gasteiger partial charge in [0.15, 0.2) is 6.61 Å². The molecule has 0 aliphatic carbocycles. The van der Waals surface area contributed by atoms with Crippen molar-refractivity contribution in [3.05, 3.63) is 0 Å². The Morgan fingerprint density at radius 2 is 2.09 bits per heavy atom. The van der Waals surface area contributed by atoms with Gasteiger partial charge in [0.25, 0.3) is 0 Å². The second-order valence-corrected chi connectivity index (χ2v) is 2.07. The van der Waals surface area contributed by atoms with Crippen LogP contribution in [0.1, 0.15) is 19.8 Å². The lowest BCUT2D eigenvalue weighted by molar-refractivity contribution is -0.143. The highest BCUT2D eigenvalue weighted by atomic mass is 16.5. The Kier molecular flexibility index (Phi) is 4.83. The molecule has 0 aromatic carbocycles. The zero-order chi connectivity index (χ0) is 8.69. The third-order valence-corrected chi connectivity index (χ3v) is 0.998. The van der Waals surface area contributed by atoms with Gasteiger partial charge in [0.2, 0.25) is 0 Å². The van der Waals surface area contributed by atoms with Crippen LogP contribution in [-0.4, -0.2) is 18.4 Å². The van der Waals surface area contributed by atoms with Gasteiger partial charge in [-0.3, -0.25) is 4.79 Å². The molecule has 11 heavy (non-hydrogen) atoms. The molecule has 0 rings (SSSR count). The maximum Gasteiger partial charge on any atom is 0.307 e. The third kappa shape index (κ3) is 6.59. The molecular weight excluding hydrogens is 144 g/mol. The van der Waals surface area contributed by atoms with Crippen molar-refractivity contribution >= 4 is 11.8 Å². The van der Waals surface area contributed by atoms with Crippen LogP contribution in [-0.2, 0) is 14.3 Å². The summed E-state index contributed by atoms with van der Waals surface area (Å²) >= 11 is 0. The molecule has 3 nitrogen and oxygen atoms in total. The second kappa shape index (κ2) is 5.48. The maximum atomic E-state index is 10.6. The van der Waals surface area contributed by atoms with Gasteiger partial charge < -0.3 is 9.53 Å². The van der Waals surface area contributed by atoms with Crippen LogP contribution in [0.2, 0.25) is 0 Å². The molecule has 60 valence electrons. The first-order valence-electron chi connectivity index (χ1n) is 3.25. The van der Waals surface area contributed by atoms with Gasteiger partial charge in [0.05, 0.1) is 6.42 Å². The van der Waals surface area contributed by atoms with E-state index >= 15 is 0 Å². The average molecular weight is 154 g/mol. The van der Waals surface area contributed by atoms with Crippen LogP contribution in [0, 0.1) is 12.3 Å². The van der Waals surface area contributed by atoms with Crippen LogP contribution in [0.25, 0.3) is 0 Å². The van der Waals surface area contributed by atoms with Crippen molar-refractivity contribution in [3.63, 3.8) is 0 Å². The van der Waals surface area contributed by atoms with E-state index in [1.807, 2.05) is 0 Å². The Morgan fingerprint density at radius 3 is 2.55 bits per heavy atom. The second-order valence-electron chi connectivity index (χ2n) is 2.07. The standard InChI is InChI=1S/C8H10O3/c1-3-6-11-8(10)5-4-7(2)9/h1H,4-6H2,2H3. The normalized spacial score (nSPS) is 8.36. The lowest BCUT2D eigenvalue weighted by Crippen LogP contribution is -2.06. The molecule has 0 aliphatic rings. The zero-order valence-corrected chi connectivity index (χ0v) is 6.42. The van der Waals surface area contributed by atoms with E-state index in [9.17, 15) is 9.59 Å². The molecule has 0 unspecified atom stereocenters. The summed E-state index contributed by atoms with van der Waals surface area (Å²) in [5.41, 5.74) is 0. The van der Waals surface area contributed by atoms with Gasteiger partial charge in [0, 0.05) is 6.42 Å². The Morgan fingerprint density at radius 1 is 1.45 bits per heavy atom. The van der Waals surface area contributed by atoms with Crippen molar-refractivity contribution in [2.45, 2.75) is 19.8 Å². The number of Topliss-reactive ketones (excluding diaryl/α,β-unsaturated/α-hetero) is 1. The Labute approximate surface area is 65.7 Å². The molecule has 0 saturated heterocycles. The predicted octanol–water partition coefficient (Wildman–Crippen LogP) is 0.532. The van der Waals surface area contributed by atoms with E-state index in [0.29, 0.717) is 0 Å². The molecule has 0 saturated carbocycles. The van der Waals surface area contributed by atoms with Gasteiger partial charge in [-0.25, -0.2) is 0 Å². The lowest BCUT2D eigenvalue weighted by Gasteiger charge is -1.97. The van der Waals surface area contributed by atoms with E-state index in [1.54, 1.807) is 0 Å². The largest absolute Gasteiger partial charge is 0.452 e. The van der Waals surface area contributed by atoms with Crippen LogP contribution < -0.4 is 0 Å². The Balaban J connectivity index is 3.39. The highest BCUT2D eigenvalue weighted by Gasteiger charge is 2.02. The van der Waals surface area contributed by atoms with Crippen LogP contribution >= 0.6 is 0 Å². The first kappa shape index (κ1) is 9.70. The molecule has 0 fully saturated rings. The van der Waals surface area contributed by atoms with Crippen LogP contribution in [0.15, 0.2) is 0 Å².